The predicted molar refractivity (Wildman–Crippen MR) is 366 cm³/mol. The number of nitrogens with two attached hydrogens (primary N) is 2. The van der Waals surface area contributed by atoms with Crippen molar-refractivity contribution in [2.45, 2.75) is 87.6 Å². The fourth-order valence-corrected chi connectivity index (χ4v) is 11.9. The van der Waals surface area contributed by atoms with E-state index >= 15 is 0 Å². The van der Waals surface area contributed by atoms with Crippen LogP contribution >= 0.6 is 23.5 Å². The zero-order valence-electron chi connectivity index (χ0n) is 55.3. The average molecular weight is 1520 g/mol. The monoisotopic (exact) mass is 1520 g/mol. The van der Waals surface area contributed by atoms with Gasteiger partial charge in [0, 0.05) is 60.5 Å². The molecule has 0 bridgehead atoms. The Morgan fingerprint density at radius 1 is 0.566 bits per heavy atom. The zero-order chi connectivity index (χ0) is 78.2. The van der Waals surface area contributed by atoms with Crippen LogP contribution in [0.2, 0.25) is 0 Å². The van der Waals surface area contributed by atoms with Crippen LogP contribution in [0.4, 0.5) is 32.0 Å². The molecule has 106 heavy (non-hydrogen) atoms. The van der Waals surface area contributed by atoms with Crippen LogP contribution in [0.15, 0.2) is 152 Å². The number of thioether (sulfide) groups is 2. The Morgan fingerprint density at radius 3 is 1.35 bits per heavy atom. The molecule has 564 valence electrons. The number of halogens is 6. The van der Waals surface area contributed by atoms with E-state index in [0.717, 1.165) is 4.90 Å². The van der Waals surface area contributed by atoms with Gasteiger partial charge in [-0.2, -0.15) is 26.3 Å². The molecular weight excluding hydrogens is 1450 g/mol. The van der Waals surface area contributed by atoms with Gasteiger partial charge in [-0.25, -0.2) is 14.4 Å². The van der Waals surface area contributed by atoms with E-state index in [1.807, 2.05) is 0 Å². The number of amides is 11. The molecule has 2 aliphatic heterocycles. The fraction of sp³-hybridized carbons (Fsp3) is 0.284. The van der Waals surface area contributed by atoms with Crippen LogP contribution in [0.5, 0.6) is 11.5 Å². The Morgan fingerprint density at radius 2 is 0.962 bits per heavy atom. The second-order valence-corrected chi connectivity index (χ2v) is 25.1. The van der Waals surface area contributed by atoms with Crippen molar-refractivity contribution < 1.29 is 114 Å². The van der Waals surface area contributed by atoms with Gasteiger partial charge in [-0.05, 0) is 84.0 Å². The number of carbonyl (C=O) groups is 13. The van der Waals surface area contributed by atoms with Gasteiger partial charge in [0.25, 0.3) is 23.6 Å². The first-order chi connectivity index (χ1) is 49.9. The van der Waals surface area contributed by atoms with Crippen molar-refractivity contribution in [3.05, 3.63) is 182 Å². The maximum absolute atomic E-state index is 14.7. The number of hydrogen-bond donors (Lipinski definition) is 15. The Bertz CT molecular complexity index is 4120. The summed E-state index contributed by atoms with van der Waals surface area (Å²) >= 11 is 1.21. The molecule has 17 N–H and O–H groups in total. The normalized spacial score (nSPS) is 18.0. The van der Waals surface area contributed by atoms with Crippen molar-refractivity contribution >= 4 is 117 Å². The number of carboxylic acid groups (broad SMARTS) is 2. The molecule has 6 atom stereocenters. The van der Waals surface area contributed by atoms with E-state index in [0.29, 0.717) is 56.7 Å². The number of hydrogen-bond acceptors (Lipinski definition) is 21. The summed E-state index contributed by atoms with van der Waals surface area (Å²) in [7, 11) is 0. The number of carbonyl (C=O) groups excluding carboxylic acids is 11. The lowest BCUT2D eigenvalue weighted by molar-refractivity contribution is -0.193. The van der Waals surface area contributed by atoms with Crippen LogP contribution in [0, 0.1) is 6.92 Å². The highest BCUT2D eigenvalue weighted by atomic mass is 32.2. The van der Waals surface area contributed by atoms with E-state index in [4.69, 9.17) is 35.7 Å². The molecule has 6 aromatic rings. The van der Waals surface area contributed by atoms with Crippen LogP contribution in [-0.4, -0.2) is 182 Å². The van der Waals surface area contributed by atoms with Gasteiger partial charge in [-0.1, -0.05) is 84.9 Å². The molecule has 0 unspecified atom stereocenters. The van der Waals surface area contributed by atoms with Gasteiger partial charge in [0.05, 0.1) is 35.0 Å². The SMILES string of the molecule is Cc1cc(=O)oc2cc(NC(=O)CCN3C(=O)C4=C(SC[C@@H](NC(=O)[C@@H](N)Cc5ccc(O)cc5)C(=O)NCC(=O)N[C@@H](Cc5ccccc5)C(=O)NNC(=O)[C@H](Cc5ccccc5)NC(=O)CNC(=O)[C@H](NC(=O)[C@@H](N)Cc5ccc(O)cc5)CS4)C3=O)ccc12.O=C(O)C(F)(F)F.O=C(O)C(F)(F)F. The summed E-state index contributed by atoms with van der Waals surface area (Å²) in [5, 5.41) is 52.3. The van der Waals surface area contributed by atoms with Crippen LogP contribution in [0.1, 0.15) is 34.2 Å². The van der Waals surface area contributed by atoms with Crippen molar-refractivity contribution in [2.24, 2.45) is 11.5 Å². The summed E-state index contributed by atoms with van der Waals surface area (Å²) in [6.07, 6.45) is -11.1. The van der Waals surface area contributed by atoms with E-state index in [1.165, 1.54) is 60.7 Å². The standard InChI is InChI=1S/C63H66N12O15S2.2C2HF3O2/c1-34-24-53(81)90-49-29-39(16-21-42(34)49)68-50(78)22-23-75-62(88)54-55(63(75)89)92-33-48(72-57(83)44(65)26-38-14-19-41(77)20-15-38)59(85)67-31-52(80)70-46(28-36-10-6-3-7-11-36)61(87)74-73-60(86)45(27-35-8-4-2-5-9-35)69-51(79)30-66-58(84)47(32-91-54)71-56(82)43(64)25-37-12-17-40(76)18-13-37;2*3-2(4,5)1(6)7/h2-21,24,29,43-48,76-77H,22-23,25-28,30-33,64-65H2,1H3,(H,66,84)(H,67,85)(H,68,78)(H,69,79)(H,70,80)(H,71,82)(H,72,83)(H,73,86)(H,74,87);2*(H,6,7)/t43-,44-,45-,46-,47+,48+;;/m0../s1. The number of imide groups is 1. The Labute approximate surface area is 604 Å². The van der Waals surface area contributed by atoms with Crippen molar-refractivity contribution in [3.63, 3.8) is 0 Å². The number of aryl methyl sites for hydroxylation is 1. The number of aromatic hydroxyl groups is 2. The van der Waals surface area contributed by atoms with Crippen LogP contribution in [-0.2, 0) is 88.0 Å². The average Bonchev–Trinajstić information content (AvgIpc) is 1.59. The van der Waals surface area contributed by atoms with Gasteiger partial charge < -0.3 is 73.5 Å². The van der Waals surface area contributed by atoms with Crippen molar-refractivity contribution in [1.29, 1.82) is 0 Å². The van der Waals surface area contributed by atoms with Crippen LogP contribution in [0.25, 0.3) is 11.0 Å². The molecule has 11 amide bonds. The summed E-state index contributed by atoms with van der Waals surface area (Å²) in [6.45, 7) is -0.468. The van der Waals surface area contributed by atoms with E-state index in [-0.39, 0.29) is 58.3 Å². The highest BCUT2D eigenvalue weighted by Gasteiger charge is 2.42. The molecule has 8 rings (SSSR count). The molecule has 5 aromatic carbocycles. The molecule has 2 aliphatic rings. The molecule has 39 heteroatoms. The molecule has 0 spiro atoms. The minimum atomic E-state index is -5.08. The van der Waals surface area contributed by atoms with Crippen molar-refractivity contribution in [2.75, 3.05) is 36.5 Å². The number of nitrogens with zero attached hydrogens (tertiary/aromatic N) is 1. The molecule has 0 saturated carbocycles. The van der Waals surface area contributed by atoms with Gasteiger partial charge in [-0.3, -0.25) is 68.5 Å². The van der Waals surface area contributed by atoms with E-state index in [2.05, 4.69) is 48.1 Å². The maximum Gasteiger partial charge on any atom is 0.490 e. The number of anilines is 1. The number of benzene rings is 5. The van der Waals surface area contributed by atoms with Crippen LogP contribution < -0.4 is 65.2 Å². The molecule has 0 aliphatic carbocycles. The lowest BCUT2D eigenvalue weighted by Gasteiger charge is -2.23. The topological polar surface area (TPSA) is 497 Å². The van der Waals surface area contributed by atoms with Crippen molar-refractivity contribution in [1.82, 2.24) is 47.7 Å². The lowest BCUT2D eigenvalue weighted by atomic mass is 10.0. The quantitative estimate of drug-likeness (QED) is 0.0367. The molecule has 0 fully saturated rings. The summed E-state index contributed by atoms with van der Waals surface area (Å²) in [5.74, 6) is -16.9. The molecular formula is C67H68F6N12O19S2. The van der Waals surface area contributed by atoms with Gasteiger partial charge >= 0.3 is 29.9 Å². The minimum Gasteiger partial charge on any atom is -0.508 e. The third kappa shape index (κ3) is 26.1. The second-order valence-electron chi connectivity index (χ2n) is 23.0. The number of nitrogens with one attached hydrogen (secondary N) is 9. The second kappa shape index (κ2) is 38.6. The predicted octanol–water partition coefficient (Wildman–Crippen LogP) is 1.11. The van der Waals surface area contributed by atoms with E-state index < -0.39 is 169 Å². The fourth-order valence-electron chi connectivity index (χ4n) is 9.53. The highest BCUT2D eigenvalue weighted by molar-refractivity contribution is 8.08. The van der Waals surface area contributed by atoms with Gasteiger partial charge in [0.1, 0.15) is 41.2 Å². The molecule has 0 saturated heterocycles. The maximum atomic E-state index is 14.7. The smallest absolute Gasteiger partial charge is 0.490 e. The zero-order valence-corrected chi connectivity index (χ0v) is 57.0. The number of rotatable bonds is 16. The third-order valence-corrected chi connectivity index (χ3v) is 17.4. The van der Waals surface area contributed by atoms with Crippen molar-refractivity contribution in [3.8, 4) is 11.5 Å². The number of aliphatic carboxylic acids is 2. The first-order valence-electron chi connectivity index (χ1n) is 31.3. The van der Waals surface area contributed by atoms with Gasteiger partial charge in [-0.15, -0.1) is 23.5 Å². The Balaban J connectivity index is 0.00000114. The Hall–Kier alpha value is -11.8. The van der Waals surface area contributed by atoms with Gasteiger partial charge in [0.15, 0.2) is 0 Å². The largest absolute Gasteiger partial charge is 0.508 e. The number of carboxylic acids is 2. The number of hydrazine groups is 1. The highest BCUT2D eigenvalue weighted by Crippen LogP contribution is 2.37. The minimum absolute atomic E-state index is 0.0539. The molecule has 0 radical (unpaired) electrons. The third-order valence-electron chi connectivity index (χ3n) is 14.9. The summed E-state index contributed by atoms with van der Waals surface area (Å²) in [4.78, 5) is 185. The molecule has 31 nitrogen and oxygen atoms in total. The van der Waals surface area contributed by atoms with Crippen LogP contribution in [0.3, 0.4) is 0 Å². The molecule has 1 aromatic heterocycles. The lowest BCUT2D eigenvalue weighted by Crippen LogP contribution is -2.59. The molecule has 3 heterocycles. The number of fused-ring (bicyclic) bond motifs is 1. The Kier molecular flexibility index (Phi) is 30.3. The van der Waals surface area contributed by atoms with E-state index in [9.17, 15) is 94.1 Å². The van der Waals surface area contributed by atoms with E-state index in [1.54, 1.807) is 79.7 Å². The summed E-state index contributed by atoms with van der Waals surface area (Å²) in [5.41, 5.74) is 19.9. The number of alkyl halides is 6. The summed E-state index contributed by atoms with van der Waals surface area (Å²) < 4.78 is 68.8. The van der Waals surface area contributed by atoms with Gasteiger partial charge in [0.2, 0.25) is 41.4 Å². The number of phenols is 2. The number of phenolic OH excluding ortho intramolecular Hbond substituents is 2. The first kappa shape index (κ1) is 83.1. The summed E-state index contributed by atoms with van der Waals surface area (Å²) in [6, 6.07) is 25.6. The first-order valence-corrected chi connectivity index (χ1v) is 33.2.